The highest BCUT2D eigenvalue weighted by Crippen LogP contribution is 2.18. The summed E-state index contributed by atoms with van der Waals surface area (Å²) in [7, 11) is -1.50. The average molecular weight is 268 g/mol. The van der Waals surface area contributed by atoms with Crippen molar-refractivity contribution < 1.29 is 4.79 Å². The summed E-state index contributed by atoms with van der Waals surface area (Å²) in [4.78, 5) is 14.3. The van der Waals surface area contributed by atoms with E-state index < -0.39 is 8.07 Å². The zero-order chi connectivity index (χ0) is 12.5. The number of hydrogen-bond donors (Lipinski definition) is 0. The summed E-state index contributed by atoms with van der Waals surface area (Å²) in [5, 5.41) is 1.30. The molecule has 17 heavy (non-hydrogen) atoms. The Morgan fingerprint density at radius 3 is 2.76 bits per heavy atom. The molecule has 0 saturated heterocycles. The number of rotatable bonds is 3. The van der Waals surface area contributed by atoms with Gasteiger partial charge in [0.25, 0.3) is 5.91 Å². The van der Waals surface area contributed by atoms with Crippen molar-refractivity contribution >= 4 is 30.8 Å². The van der Waals surface area contributed by atoms with Crippen molar-refractivity contribution in [2.24, 2.45) is 0 Å². The SMILES string of the molecule is C[Si]1(C)CN(CCCCl)C(=O)c2ccccc21. The maximum Gasteiger partial charge on any atom is 0.253 e. The van der Waals surface area contributed by atoms with E-state index in [4.69, 9.17) is 11.6 Å². The number of hydrogen-bond acceptors (Lipinski definition) is 1. The van der Waals surface area contributed by atoms with Crippen molar-refractivity contribution in [1.82, 2.24) is 4.90 Å². The van der Waals surface area contributed by atoms with E-state index in [9.17, 15) is 4.79 Å². The molecule has 0 aliphatic carbocycles. The number of benzene rings is 1. The summed E-state index contributed by atoms with van der Waals surface area (Å²) >= 11 is 5.71. The van der Waals surface area contributed by atoms with Gasteiger partial charge in [0, 0.05) is 24.2 Å². The van der Waals surface area contributed by atoms with Gasteiger partial charge in [0.15, 0.2) is 0 Å². The Morgan fingerprint density at radius 2 is 2.06 bits per heavy atom. The fraction of sp³-hybridized carbons (Fsp3) is 0.462. The fourth-order valence-electron chi connectivity index (χ4n) is 2.50. The van der Waals surface area contributed by atoms with Crippen LogP contribution >= 0.6 is 11.6 Å². The monoisotopic (exact) mass is 267 g/mol. The average Bonchev–Trinajstić information content (AvgIpc) is 2.32. The molecular formula is C13H18ClNOSi. The minimum absolute atomic E-state index is 0.178. The maximum absolute atomic E-state index is 12.3. The lowest BCUT2D eigenvalue weighted by Gasteiger charge is -2.38. The van der Waals surface area contributed by atoms with E-state index in [0.717, 1.165) is 24.7 Å². The van der Waals surface area contributed by atoms with E-state index in [2.05, 4.69) is 19.2 Å². The molecule has 1 aliphatic heterocycles. The molecular weight excluding hydrogens is 250 g/mol. The van der Waals surface area contributed by atoms with Crippen LogP contribution in [0.1, 0.15) is 16.8 Å². The second-order valence-corrected chi connectivity index (χ2v) is 10.2. The van der Waals surface area contributed by atoms with Crippen molar-refractivity contribution in [2.75, 3.05) is 18.6 Å². The predicted octanol–water partition coefficient (Wildman–Crippen LogP) is 2.23. The van der Waals surface area contributed by atoms with Crippen LogP contribution in [0.15, 0.2) is 24.3 Å². The smallest absolute Gasteiger partial charge is 0.253 e. The normalized spacial score (nSPS) is 18.1. The van der Waals surface area contributed by atoms with Gasteiger partial charge in [0.1, 0.15) is 8.07 Å². The van der Waals surface area contributed by atoms with Gasteiger partial charge in [-0.1, -0.05) is 31.3 Å². The van der Waals surface area contributed by atoms with E-state index in [0.29, 0.717) is 5.88 Å². The molecule has 0 fully saturated rings. The van der Waals surface area contributed by atoms with Crippen molar-refractivity contribution in [3.05, 3.63) is 29.8 Å². The Bertz CT molecular complexity index is 433. The van der Waals surface area contributed by atoms with E-state index >= 15 is 0 Å². The van der Waals surface area contributed by atoms with Crippen LogP contribution in [0.3, 0.4) is 0 Å². The Balaban J connectivity index is 2.34. The van der Waals surface area contributed by atoms with Gasteiger partial charge in [0.2, 0.25) is 0 Å². The molecule has 0 radical (unpaired) electrons. The zero-order valence-corrected chi connectivity index (χ0v) is 12.1. The number of halogens is 1. The van der Waals surface area contributed by atoms with Crippen LogP contribution in [0.4, 0.5) is 0 Å². The highest BCUT2D eigenvalue weighted by atomic mass is 35.5. The molecule has 1 aromatic carbocycles. The van der Waals surface area contributed by atoms with Crippen LogP contribution in [0, 0.1) is 0 Å². The summed E-state index contributed by atoms with van der Waals surface area (Å²) in [6.07, 6.45) is 1.79. The van der Waals surface area contributed by atoms with Gasteiger partial charge in [-0.2, -0.15) is 0 Å². The molecule has 0 N–H and O–H groups in total. The van der Waals surface area contributed by atoms with Gasteiger partial charge in [-0.25, -0.2) is 0 Å². The molecule has 1 amide bonds. The number of carbonyl (C=O) groups is 1. The molecule has 0 spiro atoms. The third-order valence-corrected chi connectivity index (χ3v) is 6.66. The van der Waals surface area contributed by atoms with E-state index in [-0.39, 0.29) is 5.91 Å². The first-order valence-electron chi connectivity index (χ1n) is 6.01. The first kappa shape index (κ1) is 12.6. The summed E-state index contributed by atoms with van der Waals surface area (Å²) in [6.45, 7) is 5.44. The predicted molar refractivity (Wildman–Crippen MR) is 74.8 cm³/mol. The Kier molecular flexibility index (Phi) is 3.59. The second-order valence-electron chi connectivity index (χ2n) is 5.20. The lowest BCUT2D eigenvalue weighted by Crippen LogP contribution is -2.60. The summed E-state index contributed by atoms with van der Waals surface area (Å²) in [6, 6.07) is 8.07. The minimum Gasteiger partial charge on any atom is -0.341 e. The molecule has 2 nitrogen and oxygen atoms in total. The Hall–Kier alpha value is -0.803. The zero-order valence-electron chi connectivity index (χ0n) is 10.4. The third kappa shape index (κ3) is 2.40. The fourth-order valence-corrected chi connectivity index (χ4v) is 5.51. The highest BCUT2D eigenvalue weighted by Gasteiger charge is 2.37. The number of fused-ring (bicyclic) bond motifs is 1. The minimum atomic E-state index is -1.50. The van der Waals surface area contributed by atoms with Crippen LogP contribution in [-0.4, -0.2) is 37.5 Å². The van der Waals surface area contributed by atoms with E-state index in [1.165, 1.54) is 5.19 Å². The quantitative estimate of drug-likeness (QED) is 0.608. The van der Waals surface area contributed by atoms with Gasteiger partial charge in [-0.15, -0.1) is 11.6 Å². The molecule has 0 bridgehead atoms. The van der Waals surface area contributed by atoms with Gasteiger partial charge in [-0.05, 0) is 17.7 Å². The number of amides is 1. The molecule has 0 saturated carbocycles. The van der Waals surface area contributed by atoms with Crippen LogP contribution in [0.25, 0.3) is 0 Å². The number of alkyl halides is 1. The van der Waals surface area contributed by atoms with Gasteiger partial charge in [0.05, 0.1) is 0 Å². The summed E-state index contributed by atoms with van der Waals surface area (Å²) < 4.78 is 0. The van der Waals surface area contributed by atoms with Crippen molar-refractivity contribution in [3.63, 3.8) is 0 Å². The Labute approximate surface area is 109 Å². The van der Waals surface area contributed by atoms with Crippen molar-refractivity contribution in [3.8, 4) is 0 Å². The lowest BCUT2D eigenvalue weighted by molar-refractivity contribution is 0.0777. The number of nitrogens with zero attached hydrogens (tertiary/aromatic N) is 1. The highest BCUT2D eigenvalue weighted by molar-refractivity contribution is 6.91. The lowest BCUT2D eigenvalue weighted by atomic mass is 10.2. The standard InChI is InChI=1S/C13H18ClNOSi/c1-17(2)10-15(9-5-8-14)13(16)11-6-3-4-7-12(11)17/h3-4,6-7H,5,8-10H2,1-2H3. The van der Waals surface area contributed by atoms with Gasteiger partial charge < -0.3 is 4.90 Å². The summed E-state index contributed by atoms with van der Waals surface area (Å²) in [5.74, 6) is 0.797. The van der Waals surface area contributed by atoms with Crippen LogP contribution < -0.4 is 5.19 Å². The van der Waals surface area contributed by atoms with Crippen LogP contribution in [0.2, 0.25) is 13.1 Å². The Morgan fingerprint density at radius 1 is 1.35 bits per heavy atom. The molecule has 2 rings (SSSR count). The van der Waals surface area contributed by atoms with E-state index in [1.54, 1.807) is 0 Å². The topological polar surface area (TPSA) is 20.3 Å². The number of carbonyl (C=O) groups excluding carboxylic acids is 1. The molecule has 1 aliphatic rings. The van der Waals surface area contributed by atoms with E-state index in [1.807, 2.05) is 23.1 Å². The molecule has 4 heteroatoms. The first-order valence-corrected chi connectivity index (χ1v) is 9.75. The third-order valence-electron chi connectivity index (χ3n) is 3.32. The largest absolute Gasteiger partial charge is 0.341 e. The molecule has 1 aromatic rings. The van der Waals surface area contributed by atoms with Crippen LogP contribution in [-0.2, 0) is 0 Å². The summed E-state index contributed by atoms with van der Waals surface area (Å²) in [5.41, 5.74) is 0.907. The second kappa shape index (κ2) is 4.82. The molecule has 0 aromatic heterocycles. The molecule has 0 atom stereocenters. The first-order chi connectivity index (χ1) is 8.06. The van der Waals surface area contributed by atoms with Crippen molar-refractivity contribution in [2.45, 2.75) is 19.5 Å². The maximum atomic E-state index is 12.3. The molecule has 92 valence electrons. The van der Waals surface area contributed by atoms with Crippen molar-refractivity contribution in [1.29, 1.82) is 0 Å². The van der Waals surface area contributed by atoms with Gasteiger partial charge in [-0.3, -0.25) is 4.79 Å². The molecule has 1 heterocycles. The van der Waals surface area contributed by atoms with Crippen LogP contribution in [0.5, 0.6) is 0 Å². The molecule has 0 unspecified atom stereocenters. The van der Waals surface area contributed by atoms with Gasteiger partial charge >= 0.3 is 0 Å².